The van der Waals surface area contributed by atoms with E-state index in [1.54, 1.807) is 7.11 Å². The third kappa shape index (κ3) is 4.63. The van der Waals surface area contributed by atoms with Crippen LogP contribution < -0.4 is 14.8 Å². The van der Waals surface area contributed by atoms with Crippen molar-refractivity contribution in [1.29, 1.82) is 0 Å². The van der Waals surface area contributed by atoms with Crippen LogP contribution in [0.2, 0.25) is 0 Å². The summed E-state index contributed by atoms with van der Waals surface area (Å²) >= 11 is 0. The Balaban J connectivity index is 1.91. The van der Waals surface area contributed by atoms with Crippen LogP contribution in [0, 0.1) is 5.92 Å². The molecule has 1 saturated carbocycles. The molecule has 1 aromatic rings. The maximum Gasteiger partial charge on any atom is 0.161 e. The molecule has 3 nitrogen and oxygen atoms in total. The summed E-state index contributed by atoms with van der Waals surface area (Å²) in [6.45, 7) is 5.88. The average molecular weight is 291 g/mol. The van der Waals surface area contributed by atoms with Crippen LogP contribution in [-0.2, 0) is 6.54 Å². The summed E-state index contributed by atoms with van der Waals surface area (Å²) in [7, 11) is 1.68. The fourth-order valence-electron chi connectivity index (χ4n) is 3.21. The molecule has 0 aliphatic heterocycles. The first-order chi connectivity index (χ1) is 10.3. The molecule has 2 unspecified atom stereocenters. The van der Waals surface area contributed by atoms with E-state index in [9.17, 15) is 0 Å². The second-order valence-electron chi connectivity index (χ2n) is 5.94. The third-order valence-electron chi connectivity index (χ3n) is 4.48. The van der Waals surface area contributed by atoms with Crippen LogP contribution in [0.15, 0.2) is 18.2 Å². The van der Waals surface area contributed by atoms with Gasteiger partial charge in [0.15, 0.2) is 11.5 Å². The number of ether oxygens (including phenoxy) is 2. The highest BCUT2D eigenvalue weighted by molar-refractivity contribution is 5.42. The maximum absolute atomic E-state index is 5.64. The summed E-state index contributed by atoms with van der Waals surface area (Å²) in [4.78, 5) is 0. The van der Waals surface area contributed by atoms with E-state index in [-0.39, 0.29) is 0 Å². The lowest BCUT2D eigenvalue weighted by molar-refractivity contribution is 0.278. The lowest BCUT2D eigenvalue weighted by Gasteiger charge is -2.29. The summed E-state index contributed by atoms with van der Waals surface area (Å²) in [6, 6.07) is 6.88. The zero-order chi connectivity index (χ0) is 15.1. The minimum Gasteiger partial charge on any atom is -0.493 e. The number of nitrogens with one attached hydrogen (secondary N) is 1. The maximum atomic E-state index is 5.64. The van der Waals surface area contributed by atoms with Gasteiger partial charge in [-0.3, -0.25) is 0 Å². The summed E-state index contributed by atoms with van der Waals surface area (Å²) < 4.78 is 11.0. The van der Waals surface area contributed by atoms with E-state index < -0.39 is 0 Å². The monoisotopic (exact) mass is 291 g/mol. The molecule has 1 N–H and O–H groups in total. The van der Waals surface area contributed by atoms with Gasteiger partial charge in [0.25, 0.3) is 0 Å². The van der Waals surface area contributed by atoms with Crippen molar-refractivity contribution in [2.45, 2.75) is 58.5 Å². The minimum atomic E-state index is 0.661. The van der Waals surface area contributed by atoms with Crippen LogP contribution in [0.25, 0.3) is 0 Å². The normalized spacial score (nSPS) is 22.0. The molecule has 0 amide bonds. The predicted octanol–water partition coefficient (Wildman–Crippen LogP) is 4.15. The first-order valence-corrected chi connectivity index (χ1v) is 8.29. The van der Waals surface area contributed by atoms with Crippen LogP contribution >= 0.6 is 0 Å². The van der Waals surface area contributed by atoms with Crippen molar-refractivity contribution in [3.05, 3.63) is 23.8 Å². The van der Waals surface area contributed by atoms with Gasteiger partial charge in [0.05, 0.1) is 13.7 Å². The van der Waals surface area contributed by atoms with Gasteiger partial charge in [-0.15, -0.1) is 0 Å². The summed E-state index contributed by atoms with van der Waals surface area (Å²) in [6.07, 6.45) is 6.72. The van der Waals surface area contributed by atoms with Crippen molar-refractivity contribution in [2.75, 3.05) is 13.7 Å². The molecule has 0 heterocycles. The summed E-state index contributed by atoms with van der Waals surface area (Å²) in [5.74, 6) is 2.56. The van der Waals surface area contributed by atoms with Gasteiger partial charge >= 0.3 is 0 Å². The molecule has 21 heavy (non-hydrogen) atoms. The average Bonchev–Trinajstić information content (AvgIpc) is 2.53. The number of benzene rings is 1. The van der Waals surface area contributed by atoms with Crippen molar-refractivity contribution >= 4 is 0 Å². The Hall–Kier alpha value is -1.22. The molecule has 0 saturated heterocycles. The summed E-state index contributed by atoms with van der Waals surface area (Å²) in [5, 5.41) is 3.71. The van der Waals surface area contributed by atoms with Crippen LogP contribution in [0.1, 0.15) is 51.5 Å². The molecule has 0 bridgehead atoms. The smallest absolute Gasteiger partial charge is 0.161 e. The van der Waals surface area contributed by atoms with Gasteiger partial charge in [0.2, 0.25) is 0 Å². The number of methoxy groups -OCH3 is 1. The fraction of sp³-hybridized carbons (Fsp3) is 0.667. The topological polar surface area (TPSA) is 30.5 Å². The fourth-order valence-corrected chi connectivity index (χ4v) is 3.21. The van der Waals surface area contributed by atoms with Gasteiger partial charge in [-0.2, -0.15) is 0 Å². The quantitative estimate of drug-likeness (QED) is 0.818. The minimum absolute atomic E-state index is 0.661. The second kappa shape index (κ2) is 8.28. The van der Waals surface area contributed by atoms with Gasteiger partial charge < -0.3 is 14.8 Å². The van der Waals surface area contributed by atoms with E-state index in [0.29, 0.717) is 12.6 Å². The molecule has 1 fully saturated rings. The largest absolute Gasteiger partial charge is 0.493 e. The van der Waals surface area contributed by atoms with Crippen LogP contribution in [0.4, 0.5) is 0 Å². The molecule has 3 heteroatoms. The van der Waals surface area contributed by atoms with E-state index in [1.165, 1.54) is 37.7 Å². The SMILES string of the molecule is CCOc1cc(CNC2CCCC(CC)C2)ccc1OC. The Kier molecular flexibility index (Phi) is 6.37. The lowest BCUT2D eigenvalue weighted by Crippen LogP contribution is -2.33. The Labute approximate surface area is 129 Å². The van der Waals surface area contributed by atoms with Gasteiger partial charge in [-0.1, -0.05) is 32.3 Å². The van der Waals surface area contributed by atoms with E-state index in [4.69, 9.17) is 9.47 Å². The molecular weight excluding hydrogens is 262 g/mol. The van der Waals surface area contributed by atoms with E-state index in [1.807, 2.05) is 13.0 Å². The van der Waals surface area contributed by atoms with E-state index >= 15 is 0 Å². The molecular formula is C18H29NO2. The predicted molar refractivity (Wildman–Crippen MR) is 87.0 cm³/mol. The second-order valence-corrected chi connectivity index (χ2v) is 5.94. The number of hydrogen-bond donors (Lipinski definition) is 1. The van der Waals surface area contributed by atoms with Crippen molar-refractivity contribution < 1.29 is 9.47 Å². The highest BCUT2D eigenvalue weighted by atomic mass is 16.5. The van der Waals surface area contributed by atoms with Gasteiger partial charge in [-0.25, -0.2) is 0 Å². The van der Waals surface area contributed by atoms with Crippen molar-refractivity contribution in [2.24, 2.45) is 5.92 Å². The van der Waals surface area contributed by atoms with Crippen LogP contribution in [0.3, 0.4) is 0 Å². The summed E-state index contributed by atoms with van der Waals surface area (Å²) in [5.41, 5.74) is 1.26. The molecule has 1 aliphatic carbocycles. The first kappa shape index (κ1) is 16.2. The van der Waals surface area contributed by atoms with Crippen LogP contribution in [0.5, 0.6) is 11.5 Å². The highest BCUT2D eigenvalue weighted by Gasteiger charge is 2.20. The van der Waals surface area contributed by atoms with Gasteiger partial charge in [0, 0.05) is 12.6 Å². The third-order valence-corrected chi connectivity index (χ3v) is 4.48. The molecule has 1 aliphatic rings. The Bertz CT molecular complexity index is 433. The van der Waals surface area contributed by atoms with Crippen molar-refractivity contribution in [3.8, 4) is 11.5 Å². The van der Waals surface area contributed by atoms with E-state index in [0.717, 1.165) is 24.0 Å². The Morgan fingerprint density at radius 1 is 1.19 bits per heavy atom. The molecule has 118 valence electrons. The lowest BCUT2D eigenvalue weighted by atomic mass is 9.84. The molecule has 0 spiro atoms. The molecule has 0 aromatic heterocycles. The first-order valence-electron chi connectivity index (χ1n) is 8.29. The zero-order valence-corrected chi connectivity index (χ0v) is 13.7. The van der Waals surface area contributed by atoms with Gasteiger partial charge in [0.1, 0.15) is 0 Å². The van der Waals surface area contributed by atoms with Crippen LogP contribution in [-0.4, -0.2) is 19.8 Å². The van der Waals surface area contributed by atoms with Gasteiger partial charge in [-0.05, 0) is 43.4 Å². The Morgan fingerprint density at radius 3 is 2.76 bits per heavy atom. The molecule has 2 rings (SSSR count). The zero-order valence-electron chi connectivity index (χ0n) is 13.7. The molecule has 2 atom stereocenters. The standard InChI is InChI=1S/C18H29NO2/c1-4-14-7-6-8-16(11-14)19-13-15-9-10-17(20-3)18(12-15)21-5-2/h9-10,12,14,16,19H,4-8,11,13H2,1-3H3. The molecule has 1 aromatic carbocycles. The Morgan fingerprint density at radius 2 is 2.05 bits per heavy atom. The van der Waals surface area contributed by atoms with Crippen molar-refractivity contribution in [3.63, 3.8) is 0 Å². The number of rotatable bonds is 7. The van der Waals surface area contributed by atoms with Crippen molar-refractivity contribution in [1.82, 2.24) is 5.32 Å². The highest BCUT2D eigenvalue weighted by Crippen LogP contribution is 2.29. The van der Waals surface area contributed by atoms with E-state index in [2.05, 4.69) is 24.4 Å². The number of hydrogen-bond acceptors (Lipinski definition) is 3. The molecule has 0 radical (unpaired) electrons.